The summed E-state index contributed by atoms with van der Waals surface area (Å²) in [7, 11) is 0. The van der Waals surface area contributed by atoms with Crippen LogP contribution >= 0.6 is 0 Å². The molecular weight excluding hydrogens is 438 g/mol. The van der Waals surface area contributed by atoms with Crippen LogP contribution in [-0.2, 0) is 20.5 Å². The van der Waals surface area contributed by atoms with Crippen molar-refractivity contribution in [3.05, 3.63) is 35.5 Å². The van der Waals surface area contributed by atoms with E-state index in [0.29, 0.717) is 26.3 Å². The van der Waals surface area contributed by atoms with E-state index in [9.17, 15) is 31.9 Å². The molecule has 1 aliphatic heterocycles. The number of aromatic nitrogens is 1. The number of fused-ring (bicyclic) bond motifs is 1. The Morgan fingerprint density at radius 1 is 1.22 bits per heavy atom. The summed E-state index contributed by atoms with van der Waals surface area (Å²) in [6, 6.07) is 1.33. The summed E-state index contributed by atoms with van der Waals surface area (Å²) in [6.45, 7) is -0.170. The molecule has 0 saturated carbocycles. The van der Waals surface area contributed by atoms with Gasteiger partial charge >= 0.3 is 12.1 Å². The topological polar surface area (TPSA) is 109 Å². The number of alkyl halides is 4. The minimum absolute atomic E-state index is 0.000197. The number of benzene rings is 1. The fourth-order valence-corrected chi connectivity index (χ4v) is 3.40. The number of carbonyl (C=O) groups excluding carboxylic acids is 2. The highest BCUT2D eigenvalue weighted by Crippen LogP contribution is 2.35. The molecule has 1 aromatic carbocycles. The number of carbonyl (C=O) groups is 3. The standard InChI is InChI=1S/C20H19F4N3O5/c21-9-16(28)15(8-17(29)30)26-19(31)13-10-25-14-7-11(20(22,23)24)1-2-12(14)18(13)27-3-5-32-6-4-27/h1-2,7,10,15H,3-6,8-9H2,(H,26,31)(H,29,30). The number of morpholine rings is 1. The van der Waals surface area contributed by atoms with Gasteiger partial charge < -0.3 is 20.1 Å². The molecule has 1 aromatic heterocycles. The third-order valence-electron chi connectivity index (χ3n) is 4.94. The maximum atomic E-state index is 13.1. The van der Waals surface area contributed by atoms with Crippen molar-refractivity contribution in [3.63, 3.8) is 0 Å². The molecule has 0 bridgehead atoms. The van der Waals surface area contributed by atoms with Crippen LogP contribution in [0.3, 0.4) is 0 Å². The van der Waals surface area contributed by atoms with Gasteiger partial charge in [0.15, 0.2) is 5.78 Å². The molecular formula is C20H19F4N3O5. The summed E-state index contributed by atoms with van der Waals surface area (Å²) in [6.07, 6.45) is -4.35. The minimum atomic E-state index is -4.58. The molecule has 2 aromatic rings. The number of rotatable bonds is 7. The lowest BCUT2D eigenvalue weighted by Gasteiger charge is -2.31. The number of ether oxygens (including phenoxy) is 1. The molecule has 3 rings (SSSR count). The van der Waals surface area contributed by atoms with E-state index in [2.05, 4.69) is 10.3 Å². The Bertz CT molecular complexity index is 1040. The number of nitrogens with zero attached hydrogens (tertiary/aromatic N) is 2. The Labute approximate surface area is 179 Å². The monoisotopic (exact) mass is 457 g/mol. The molecule has 1 aliphatic rings. The fourth-order valence-electron chi connectivity index (χ4n) is 3.40. The fraction of sp³-hybridized carbons (Fsp3) is 0.400. The van der Waals surface area contributed by atoms with E-state index in [1.54, 1.807) is 4.90 Å². The van der Waals surface area contributed by atoms with Crippen LogP contribution < -0.4 is 10.2 Å². The van der Waals surface area contributed by atoms with Gasteiger partial charge in [0.25, 0.3) is 5.91 Å². The molecule has 2 heterocycles. The maximum absolute atomic E-state index is 13.1. The van der Waals surface area contributed by atoms with E-state index >= 15 is 0 Å². The van der Waals surface area contributed by atoms with Gasteiger partial charge in [-0.2, -0.15) is 13.2 Å². The molecule has 1 fully saturated rings. The van der Waals surface area contributed by atoms with Crippen molar-refractivity contribution >= 4 is 34.3 Å². The van der Waals surface area contributed by atoms with Crippen LogP contribution in [-0.4, -0.2) is 66.8 Å². The Morgan fingerprint density at radius 2 is 1.91 bits per heavy atom. The first kappa shape index (κ1) is 23.4. The van der Waals surface area contributed by atoms with Crippen molar-refractivity contribution < 1.29 is 41.8 Å². The number of carboxylic acid groups (broad SMARTS) is 1. The second-order valence-corrected chi connectivity index (χ2v) is 7.07. The number of hydrogen-bond donors (Lipinski definition) is 2. The smallest absolute Gasteiger partial charge is 0.416 e. The minimum Gasteiger partial charge on any atom is -0.481 e. The van der Waals surface area contributed by atoms with Gasteiger partial charge in [-0.1, -0.05) is 6.07 Å². The van der Waals surface area contributed by atoms with Gasteiger partial charge in [-0.3, -0.25) is 19.4 Å². The Kier molecular flexibility index (Phi) is 6.92. The van der Waals surface area contributed by atoms with Crippen LogP contribution in [0.5, 0.6) is 0 Å². The zero-order chi connectivity index (χ0) is 23.5. The van der Waals surface area contributed by atoms with E-state index in [1.807, 2.05) is 0 Å². The lowest BCUT2D eigenvalue weighted by molar-refractivity contribution is -0.139. The van der Waals surface area contributed by atoms with Crippen molar-refractivity contribution in [2.24, 2.45) is 0 Å². The molecule has 1 saturated heterocycles. The first-order chi connectivity index (χ1) is 15.1. The first-order valence-corrected chi connectivity index (χ1v) is 9.55. The summed E-state index contributed by atoms with van der Waals surface area (Å²) in [5, 5.41) is 11.4. The summed E-state index contributed by atoms with van der Waals surface area (Å²) >= 11 is 0. The number of amides is 1. The lowest BCUT2D eigenvalue weighted by atomic mass is 10.0. The third-order valence-corrected chi connectivity index (χ3v) is 4.94. The van der Waals surface area contributed by atoms with Crippen LogP contribution in [0.15, 0.2) is 24.4 Å². The number of carboxylic acids is 1. The van der Waals surface area contributed by atoms with Gasteiger partial charge in [-0.25, -0.2) is 4.39 Å². The van der Waals surface area contributed by atoms with Crippen molar-refractivity contribution in [1.29, 1.82) is 0 Å². The lowest BCUT2D eigenvalue weighted by Crippen LogP contribution is -2.44. The molecule has 0 aliphatic carbocycles. The average Bonchev–Trinajstić information content (AvgIpc) is 2.76. The molecule has 1 atom stereocenters. The van der Waals surface area contributed by atoms with E-state index in [4.69, 9.17) is 9.84 Å². The van der Waals surface area contributed by atoms with Gasteiger partial charge in [-0.05, 0) is 12.1 Å². The Morgan fingerprint density at radius 3 is 2.50 bits per heavy atom. The van der Waals surface area contributed by atoms with Gasteiger partial charge in [0.2, 0.25) is 0 Å². The van der Waals surface area contributed by atoms with Crippen LogP contribution in [0.1, 0.15) is 22.3 Å². The van der Waals surface area contributed by atoms with Gasteiger partial charge in [-0.15, -0.1) is 0 Å². The number of nitrogens with one attached hydrogen (secondary N) is 1. The summed E-state index contributed by atoms with van der Waals surface area (Å²) in [5.74, 6) is -3.42. The maximum Gasteiger partial charge on any atom is 0.416 e. The van der Waals surface area contributed by atoms with Gasteiger partial charge in [0, 0.05) is 24.7 Å². The second-order valence-electron chi connectivity index (χ2n) is 7.07. The van der Waals surface area contributed by atoms with E-state index in [0.717, 1.165) is 18.3 Å². The van der Waals surface area contributed by atoms with Crippen molar-refractivity contribution in [1.82, 2.24) is 10.3 Å². The highest BCUT2D eigenvalue weighted by molar-refractivity contribution is 6.09. The number of pyridine rings is 1. The predicted octanol–water partition coefficient (Wildman–Crippen LogP) is 2.20. The number of ketones is 1. The summed E-state index contributed by atoms with van der Waals surface area (Å²) in [4.78, 5) is 41.4. The summed E-state index contributed by atoms with van der Waals surface area (Å²) < 4.78 is 57.4. The van der Waals surface area contributed by atoms with E-state index in [1.165, 1.54) is 6.07 Å². The number of aliphatic carboxylic acids is 1. The molecule has 2 N–H and O–H groups in total. The second kappa shape index (κ2) is 9.47. The molecule has 32 heavy (non-hydrogen) atoms. The highest BCUT2D eigenvalue weighted by Gasteiger charge is 2.32. The van der Waals surface area contributed by atoms with Crippen LogP contribution in [0.25, 0.3) is 10.9 Å². The number of anilines is 1. The molecule has 8 nitrogen and oxygen atoms in total. The quantitative estimate of drug-likeness (QED) is 0.614. The van der Waals surface area contributed by atoms with E-state index in [-0.39, 0.29) is 22.2 Å². The molecule has 12 heteroatoms. The zero-order valence-electron chi connectivity index (χ0n) is 16.6. The average molecular weight is 457 g/mol. The van der Waals surface area contributed by atoms with Gasteiger partial charge in [0.1, 0.15) is 12.7 Å². The zero-order valence-corrected chi connectivity index (χ0v) is 16.6. The third kappa shape index (κ3) is 5.13. The SMILES string of the molecule is O=C(O)CC(NC(=O)c1cnc2cc(C(F)(F)F)ccc2c1N1CCOCC1)C(=O)CF. The Balaban J connectivity index is 2.07. The van der Waals surface area contributed by atoms with E-state index < -0.39 is 48.5 Å². The molecule has 0 radical (unpaired) electrons. The molecule has 0 spiro atoms. The van der Waals surface area contributed by atoms with Crippen LogP contribution in [0, 0.1) is 0 Å². The van der Waals surface area contributed by atoms with Crippen molar-refractivity contribution in [3.8, 4) is 0 Å². The molecule has 1 amide bonds. The molecule has 172 valence electrons. The normalized spacial score (nSPS) is 15.4. The number of hydrogen-bond acceptors (Lipinski definition) is 6. The summed E-state index contributed by atoms with van der Waals surface area (Å²) in [5.41, 5.74) is -0.718. The highest BCUT2D eigenvalue weighted by atomic mass is 19.4. The largest absolute Gasteiger partial charge is 0.481 e. The number of Topliss-reactive ketones (excluding diaryl/α,β-unsaturated/α-hetero) is 1. The Hall–Kier alpha value is -3.28. The predicted molar refractivity (Wildman–Crippen MR) is 104 cm³/mol. The van der Waals surface area contributed by atoms with Crippen LogP contribution in [0.4, 0.5) is 23.2 Å². The molecule has 1 unspecified atom stereocenters. The first-order valence-electron chi connectivity index (χ1n) is 9.55. The van der Waals surface area contributed by atoms with Crippen LogP contribution in [0.2, 0.25) is 0 Å². The van der Waals surface area contributed by atoms with Gasteiger partial charge in [0.05, 0.1) is 42.0 Å². The van der Waals surface area contributed by atoms with Crippen molar-refractivity contribution in [2.75, 3.05) is 37.9 Å². The van der Waals surface area contributed by atoms with Crippen molar-refractivity contribution in [2.45, 2.75) is 18.6 Å². The number of halogens is 4.